The van der Waals surface area contributed by atoms with E-state index in [1.54, 1.807) is 0 Å². The first-order chi connectivity index (χ1) is 13.0. The van der Waals surface area contributed by atoms with Crippen LogP contribution in [0.1, 0.15) is 20.8 Å². The fourth-order valence-corrected chi connectivity index (χ4v) is 3.32. The molecule has 2 unspecified atom stereocenters. The first kappa shape index (κ1) is 21.5. The van der Waals surface area contributed by atoms with Crippen molar-refractivity contribution in [2.75, 3.05) is 58.3 Å². The van der Waals surface area contributed by atoms with Crippen molar-refractivity contribution in [1.29, 1.82) is 0 Å². The zero-order valence-corrected chi connectivity index (χ0v) is 17.6. The molecule has 1 aliphatic rings. The Morgan fingerprint density at radius 3 is 2.67 bits per heavy atom. The van der Waals surface area contributed by atoms with E-state index in [9.17, 15) is 0 Å². The van der Waals surface area contributed by atoms with Crippen molar-refractivity contribution in [3.63, 3.8) is 0 Å². The smallest absolute Gasteiger partial charge is 0.191 e. The highest BCUT2D eigenvalue weighted by atomic mass is 16.5. The monoisotopic (exact) mass is 375 g/mol. The number of nitrogens with one attached hydrogen (secondary N) is 2. The van der Waals surface area contributed by atoms with E-state index < -0.39 is 0 Å². The number of rotatable bonds is 8. The average molecular weight is 376 g/mol. The van der Waals surface area contributed by atoms with Gasteiger partial charge < -0.3 is 20.3 Å². The number of hydrogen-bond donors (Lipinski definition) is 2. The van der Waals surface area contributed by atoms with Crippen LogP contribution in [0.2, 0.25) is 0 Å². The van der Waals surface area contributed by atoms with Crippen molar-refractivity contribution >= 4 is 11.6 Å². The molecule has 1 aromatic carbocycles. The molecule has 0 saturated carbocycles. The Balaban J connectivity index is 1.74. The maximum atomic E-state index is 5.91. The van der Waals surface area contributed by atoms with E-state index in [0.717, 1.165) is 45.3 Å². The number of ether oxygens (including phenoxy) is 1. The van der Waals surface area contributed by atoms with E-state index in [1.165, 1.54) is 5.69 Å². The molecule has 2 N–H and O–H groups in total. The van der Waals surface area contributed by atoms with E-state index in [2.05, 4.69) is 77.5 Å². The molecule has 152 valence electrons. The SMILES string of the molecule is CN=C(NCC1CN(CC(C)C)CCO1)NCC(C)N(C)c1ccccc1. The zero-order valence-electron chi connectivity index (χ0n) is 17.6. The summed E-state index contributed by atoms with van der Waals surface area (Å²) < 4.78 is 5.91. The number of likely N-dealkylation sites (N-methyl/N-ethyl adjacent to an activating group) is 1. The van der Waals surface area contributed by atoms with E-state index in [4.69, 9.17) is 4.74 Å². The quantitative estimate of drug-likeness (QED) is 0.538. The molecule has 0 aromatic heterocycles. The highest BCUT2D eigenvalue weighted by Crippen LogP contribution is 2.13. The van der Waals surface area contributed by atoms with Crippen LogP contribution in [0.5, 0.6) is 0 Å². The lowest BCUT2D eigenvalue weighted by Gasteiger charge is -2.34. The van der Waals surface area contributed by atoms with Crippen molar-refractivity contribution in [3.05, 3.63) is 30.3 Å². The van der Waals surface area contributed by atoms with Gasteiger partial charge in [0.05, 0.1) is 12.7 Å². The minimum atomic E-state index is 0.209. The number of aliphatic imine (C=N–C) groups is 1. The molecule has 0 spiro atoms. The van der Waals surface area contributed by atoms with Gasteiger partial charge >= 0.3 is 0 Å². The maximum Gasteiger partial charge on any atom is 0.191 e. The van der Waals surface area contributed by atoms with Gasteiger partial charge in [-0.1, -0.05) is 32.0 Å². The van der Waals surface area contributed by atoms with Crippen LogP contribution in [0, 0.1) is 5.92 Å². The molecule has 0 bridgehead atoms. The molecule has 0 radical (unpaired) electrons. The second kappa shape index (κ2) is 11.1. The Morgan fingerprint density at radius 1 is 1.26 bits per heavy atom. The van der Waals surface area contributed by atoms with E-state index >= 15 is 0 Å². The van der Waals surface area contributed by atoms with Crippen molar-refractivity contribution in [3.8, 4) is 0 Å². The van der Waals surface area contributed by atoms with Gasteiger partial charge in [-0.15, -0.1) is 0 Å². The van der Waals surface area contributed by atoms with Crippen LogP contribution in [-0.4, -0.2) is 76.4 Å². The first-order valence-corrected chi connectivity index (χ1v) is 10.1. The molecular weight excluding hydrogens is 338 g/mol. The predicted molar refractivity (Wildman–Crippen MR) is 115 cm³/mol. The van der Waals surface area contributed by atoms with Crippen molar-refractivity contribution in [2.45, 2.75) is 32.9 Å². The molecule has 6 nitrogen and oxygen atoms in total. The summed E-state index contributed by atoms with van der Waals surface area (Å²) >= 11 is 0. The lowest BCUT2D eigenvalue weighted by molar-refractivity contribution is -0.0284. The van der Waals surface area contributed by atoms with Gasteiger partial charge in [-0.2, -0.15) is 0 Å². The fraction of sp³-hybridized carbons (Fsp3) is 0.667. The minimum absolute atomic E-state index is 0.209. The van der Waals surface area contributed by atoms with E-state index in [1.807, 2.05) is 13.1 Å². The topological polar surface area (TPSA) is 52.1 Å². The summed E-state index contributed by atoms with van der Waals surface area (Å²) in [6.07, 6.45) is 0.209. The number of guanidine groups is 1. The Hall–Kier alpha value is -1.79. The number of para-hydroxylation sites is 1. The van der Waals surface area contributed by atoms with Gasteiger partial charge in [0, 0.05) is 58.5 Å². The predicted octanol–water partition coefficient (Wildman–Crippen LogP) is 2.03. The first-order valence-electron chi connectivity index (χ1n) is 10.1. The number of nitrogens with zero attached hydrogens (tertiary/aromatic N) is 3. The van der Waals surface area contributed by atoms with Gasteiger partial charge in [0.15, 0.2) is 5.96 Å². The standard InChI is InChI=1S/C21H37N5O/c1-17(2)15-26-11-12-27-20(16-26)14-24-21(22-4)23-13-18(3)25(5)19-9-7-6-8-10-19/h6-10,17-18,20H,11-16H2,1-5H3,(H2,22,23,24). The third kappa shape index (κ3) is 7.39. The second-order valence-corrected chi connectivity index (χ2v) is 7.78. The lowest BCUT2D eigenvalue weighted by Crippen LogP contribution is -2.51. The molecule has 0 amide bonds. The molecule has 2 atom stereocenters. The highest BCUT2D eigenvalue weighted by molar-refractivity contribution is 5.79. The van der Waals surface area contributed by atoms with Crippen molar-refractivity contribution < 1.29 is 4.74 Å². The molecule has 27 heavy (non-hydrogen) atoms. The summed E-state index contributed by atoms with van der Waals surface area (Å²) in [5.41, 5.74) is 1.22. The lowest BCUT2D eigenvalue weighted by atomic mass is 10.2. The molecule has 1 aromatic rings. The van der Waals surface area contributed by atoms with Crippen LogP contribution >= 0.6 is 0 Å². The Bertz CT molecular complexity index is 563. The van der Waals surface area contributed by atoms with Gasteiger partial charge in [-0.25, -0.2) is 0 Å². The van der Waals surface area contributed by atoms with Crippen LogP contribution in [-0.2, 0) is 4.74 Å². The van der Waals surface area contributed by atoms with E-state index in [-0.39, 0.29) is 6.10 Å². The second-order valence-electron chi connectivity index (χ2n) is 7.78. The van der Waals surface area contributed by atoms with Crippen LogP contribution < -0.4 is 15.5 Å². The largest absolute Gasteiger partial charge is 0.374 e. The van der Waals surface area contributed by atoms with Gasteiger partial charge in [0.1, 0.15) is 0 Å². The summed E-state index contributed by atoms with van der Waals surface area (Å²) in [5, 5.41) is 6.85. The molecule has 0 aliphatic carbocycles. The van der Waals surface area contributed by atoms with Crippen LogP contribution in [0.15, 0.2) is 35.3 Å². The maximum absolute atomic E-state index is 5.91. The summed E-state index contributed by atoms with van der Waals surface area (Å²) in [4.78, 5) is 9.12. The Kier molecular flexibility index (Phi) is 8.88. The van der Waals surface area contributed by atoms with Gasteiger partial charge in [-0.05, 0) is 25.0 Å². The third-order valence-corrected chi connectivity index (χ3v) is 4.96. The number of hydrogen-bond acceptors (Lipinski definition) is 4. The summed E-state index contributed by atoms with van der Waals surface area (Å²) in [7, 11) is 3.94. The van der Waals surface area contributed by atoms with Crippen LogP contribution in [0.25, 0.3) is 0 Å². The molecule has 1 heterocycles. The normalized spacial score (nSPS) is 19.8. The Morgan fingerprint density at radius 2 is 2.00 bits per heavy atom. The summed E-state index contributed by atoms with van der Waals surface area (Å²) in [6.45, 7) is 12.3. The Labute approximate surface area is 165 Å². The number of morpholine rings is 1. The average Bonchev–Trinajstić information content (AvgIpc) is 2.67. The van der Waals surface area contributed by atoms with Gasteiger partial charge in [-0.3, -0.25) is 9.89 Å². The summed E-state index contributed by atoms with van der Waals surface area (Å²) in [6, 6.07) is 10.8. The molecule has 1 saturated heterocycles. The van der Waals surface area contributed by atoms with Crippen LogP contribution in [0.4, 0.5) is 5.69 Å². The third-order valence-electron chi connectivity index (χ3n) is 4.96. The number of benzene rings is 1. The van der Waals surface area contributed by atoms with Crippen molar-refractivity contribution in [2.24, 2.45) is 10.9 Å². The fourth-order valence-electron chi connectivity index (χ4n) is 3.32. The van der Waals surface area contributed by atoms with Gasteiger partial charge in [0.25, 0.3) is 0 Å². The number of anilines is 1. The van der Waals surface area contributed by atoms with Crippen molar-refractivity contribution in [1.82, 2.24) is 15.5 Å². The van der Waals surface area contributed by atoms with Crippen LogP contribution in [0.3, 0.4) is 0 Å². The molecule has 2 rings (SSSR count). The summed E-state index contributed by atoms with van der Waals surface area (Å²) in [5.74, 6) is 1.52. The molecule has 6 heteroatoms. The molecular formula is C21H37N5O. The zero-order chi connectivity index (χ0) is 19.6. The minimum Gasteiger partial charge on any atom is -0.374 e. The molecule has 1 fully saturated rings. The molecule has 1 aliphatic heterocycles. The van der Waals surface area contributed by atoms with E-state index in [0.29, 0.717) is 12.0 Å². The highest BCUT2D eigenvalue weighted by Gasteiger charge is 2.21. The van der Waals surface area contributed by atoms with Gasteiger partial charge in [0.2, 0.25) is 0 Å².